The molecule has 0 saturated carbocycles. The second kappa shape index (κ2) is 5.42. The van der Waals surface area contributed by atoms with Crippen molar-refractivity contribution in [3.05, 3.63) is 23.8 Å². The van der Waals surface area contributed by atoms with Gasteiger partial charge in [-0.3, -0.25) is 4.79 Å². The topological polar surface area (TPSA) is 67.1 Å². The van der Waals surface area contributed by atoms with Crippen LogP contribution in [-0.4, -0.2) is 17.5 Å². The van der Waals surface area contributed by atoms with Crippen molar-refractivity contribution in [2.45, 2.75) is 39.3 Å². The van der Waals surface area contributed by atoms with Crippen LogP contribution in [0.4, 0.5) is 20.2 Å². The van der Waals surface area contributed by atoms with Gasteiger partial charge in [-0.1, -0.05) is 0 Å². The molecule has 106 valence electrons. The summed E-state index contributed by atoms with van der Waals surface area (Å²) in [5.74, 6) is -1.89. The summed E-state index contributed by atoms with van der Waals surface area (Å²) in [5.41, 5.74) is 4.96. The van der Waals surface area contributed by atoms with Crippen LogP contribution >= 0.6 is 0 Å². The molecule has 0 spiro atoms. The molecule has 1 aromatic carbocycles. The van der Waals surface area contributed by atoms with Crippen LogP contribution in [0.2, 0.25) is 0 Å². The zero-order chi connectivity index (χ0) is 14.8. The number of halogens is 2. The van der Waals surface area contributed by atoms with Crippen molar-refractivity contribution in [3.8, 4) is 0 Å². The van der Waals surface area contributed by atoms with Gasteiger partial charge in [0, 0.05) is 11.6 Å². The number of amides is 1. The highest BCUT2D eigenvalue weighted by atomic mass is 19.1. The number of hydrogen-bond acceptors (Lipinski definition) is 3. The van der Waals surface area contributed by atoms with Crippen LogP contribution in [0.15, 0.2) is 12.1 Å². The molecule has 6 heteroatoms. The van der Waals surface area contributed by atoms with E-state index in [0.717, 1.165) is 6.07 Å². The van der Waals surface area contributed by atoms with Crippen molar-refractivity contribution in [1.29, 1.82) is 0 Å². The average molecular weight is 271 g/mol. The van der Waals surface area contributed by atoms with Crippen molar-refractivity contribution in [2.24, 2.45) is 0 Å². The smallest absolute Gasteiger partial charge is 0.242 e. The Labute approximate surface area is 111 Å². The van der Waals surface area contributed by atoms with E-state index in [1.165, 1.54) is 0 Å². The molecule has 1 aromatic rings. The van der Waals surface area contributed by atoms with Gasteiger partial charge in [-0.15, -0.1) is 0 Å². The van der Waals surface area contributed by atoms with Gasteiger partial charge >= 0.3 is 0 Å². The lowest BCUT2D eigenvalue weighted by molar-refractivity contribution is -0.122. The van der Waals surface area contributed by atoms with Gasteiger partial charge < -0.3 is 16.4 Å². The number of carbonyl (C=O) groups is 1. The maximum atomic E-state index is 13.3. The Hall–Kier alpha value is -1.85. The Balaban J connectivity index is 2.83. The molecular formula is C13H19F2N3O. The lowest BCUT2D eigenvalue weighted by Gasteiger charge is -2.24. The Bertz CT molecular complexity index is 484. The summed E-state index contributed by atoms with van der Waals surface area (Å²) >= 11 is 0. The maximum absolute atomic E-state index is 13.3. The molecule has 1 unspecified atom stereocenters. The van der Waals surface area contributed by atoms with Crippen LogP contribution in [0.3, 0.4) is 0 Å². The quantitative estimate of drug-likeness (QED) is 0.739. The molecule has 1 amide bonds. The molecule has 0 bridgehead atoms. The number of nitrogen functional groups attached to an aromatic ring is 1. The fourth-order valence-electron chi connectivity index (χ4n) is 1.48. The number of carbonyl (C=O) groups excluding carboxylic acids is 1. The van der Waals surface area contributed by atoms with Gasteiger partial charge in [0.15, 0.2) is 5.82 Å². The monoisotopic (exact) mass is 271 g/mol. The van der Waals surface area contributed by atoms with Crippen molar-refractivity contribution < 1.29 is 13.6 Å². The van der Waals surface area contributed by atoms with E-state index < -0.39 is 17.7 Å². The van der Waals surface area contributed by atoms with Gasteiger partial charge in [0.05, 0.1) is 11.4 Å². The summed E-state index contributed by atoms with van der Waals surface area (Å²) in [6, 6.07) is 1.09. The van der Waals surface area contributed by atoms with Crippen LogP contribution in [0.5, 0.6) is 0 Å². The fourth-order valence-corrected chi connectivity index (χ4v) is 1.48. The zero-order valence-corrected chi connectivity index (χ0v) is 11.5. The first-order valence-corrected chi connectivity index (χ1v) is 5.93. The van der Waals surface area contributed by atoms with Crippen LogP contribution < -0.4 is 16.4 Å². The van der Waals surface area contributed by atoms with Crippen LogP contribution in [-0.2, 0) is 4.79 Å². The summed E-state index contributed by atoms with van der Waals surface area (Å²) < 4.78 is 26.4. The molecule has 19 heavy (non-hydrogen) atoms. The number of nitrogens with one attached hydrogen (secondary N) is 2. The summed E-state index contributed by atoms with van der Waals surface area (Å²) in [5, 5.41) is 5.46. The number of benzene rings is 1. The first-order chi connectivity index (χ1) is 8.60. The van der Waals surface area contributed by atoms with Crippen molar-refractivity contribution in [1.82, 2.24) is 5.32 Å². The lowest BCUT2D eigenvalue weighted by atomic mass is 10.1. The van der Waals surface area contributed by atoms with E-state index in [9.17, 15) is 13.6 Å². The molecule has 0 aliphatic heterocycles. The third-order valence-electron chi connectivity index (χ3n) is 2.36. The third kappa shape index (κ3) is 4.39. The van der Waals surface area contributed by atoms with E-state index in [1.54, 1.807) is 6.92 Å². The van der Waals surface area contributed by atoms with E-state index in [2.05, 4.69) is 10.6 Å². The highest BCUT2D eigenvalue weighted by Gasteiger charge is 2.20. The predicted octanol–water partition coefficient (Wildman–Crippen LogP) is 2.26. The van der Waals surface area contributed by atoms with E-state index in [-0.39, 0.29) is 22.8 Å². The summed E-state index contributed by atoms with van der Waals surface area (Å²) in [4.78, 5) is 11.8. The normalized spacial score (nSPS) is 12.9. The summed E-state index contributed by atoms with van der Waals surface area (Å²) in [7, 11) is 0. The van der Waals surface area contributed by atoms with E-state index in [1.807, 2.05) is 20.8 Å². The highest BCUT2D eigenvalue weighted by Crippen LogP contribution is 2.24. The van der Waals surface area contributed by atoms with Crippen LogP contribution in [0.1, 0.15) is 27.7 Å². The molecule has 0 heterocycles. The van der Waals surface area contributed by atoms with Gasteiger partial charge in [-0.05, 0) is 33.8 Å². The van der Waals surface area contributed by atoms with Gasteiger partial charge in [0.1, 0.15) is 11.9 Å². The molecule has 0 aliphatic carbocycles. The minimum absolute atomic E-state index is 0.0639. The van der Waals surface area contributed by atoms with Gasteiger partial charge in [-0.2, -0.15) is 0 Å². The largest absolute Gasteiger partial charge is 0.395 e. The molecule has 0 aromatic heterocycles. The molecule has 0 radical (unpaired) electrons. The van der Waals surface area contributed by atoms with Crippen LogP contribution in [0.25, 0.3) is 0 Å². The summed E-state index contributed by atoms with van der Waals surface area (Å²) in [6.07, 6.45) is 0. The predicted molar refractivity (Wildman–Crippen MR) is 71.8 cm³/mol. The maximum Gasteiger partial charge on any atom is 0.242 e. The number of rotatable bonds is 3. The minimum atomic E-state index is -0.856. The fraction of sp³-hybridized carbons (Fsp3) is 0.462. The lowest BCUT2D eigenvalue weighted by Crippen LogP contribution is -2.47. The third-order valence-corrected chi connectivity index (χ3v) is 2.36. The Morgan fingerprint density at radius 3 is 2.42 bits per heavy atom. The first kappa shape index (κ1) is 15.2. The summed E-state index contributed by atoms with van der Waals surface area (Å²) in [6.45, 7) is 7.11. The highest BCUT2D eigenvalue weighted by molar-refractivity contribution is 5.86. The van der Waals surface area contributed by atoms with Crippen LogP contribution in [0, 0.1) is 11.6 Å². The Kier molecular flexibility index (Phi) is 4.34. The minimum Gasteiger partial charge on any atom is -0.395 e. The second-order valence-corrected chi connectivity index (χ2v) is 5.45. The SMILES string of the molecule is CC(Nc1cc(F)cc(F)c1N)C(=O)NC(C)(C)C. The zero-order valence-electron chi connectivity index (χ0n) is 11.5. The molecule has 1 atom stereocenters. The second-order valence-electron chi connectivity index (χ2n) is 5.45. The first-order valence-electron chi connectivity index (χ1n) is 5.93. The van der Waals surface area contributed by atoms with Crippen molar-refractivity contribution >= 4 is 17.3 Å². The number of hydrogen-bond donors (Lipinski definition) is 3. The van der Waals surface area contributed by atoms with Gasteiger partial charge in [0.25, 0.3) is 0 Å². The Morgan fingerprint density at radius 1 is 1.32 bits per heavy atom. The molecule has 0 fully saturated rings. The van der Waals surface area contributed by atoms with Crippen molar-refractivity contribution in [3.63, 3.8) is 0 Å². The molecular weight excluding hydrogens is 252 g/mol. The molecule has 0 saturated heterocycles. The molecule has 4 nitrogen and oxygen atoms in total. The average Bonchev–Trinajstić information content (AvgIpc) is 2.22. The van der Waals surface area contributed by atoms with E-state index >= 15 is 0 Å². The standard InChI is InChI=1S/C13H19F2N3O/c1-7(12(19)18-13(2,3)4)17-10-6-8(14)5-9(15)11(10)16/h5-7,17H,16H2,1-4H3,(H,18,19). The van der Waals surface area contributed by atoms with E-state index in [0.29, 0.717) is 6.07 Å². The number of nitrogens with two attached hydrogens (primary N) is 1. The molecule has 0 aliphatic rings. The van der Waals surface area contributed by atoms with Crippen molar-refractivity contribution in [2.75, 3.05) is 11.1 Å². The van der Waals surface area contributed by atoms with E-state index in [4.69, 9.17) is 5.73 Å². The van der Waals surface area contributed by atoms with Gasteiger partial charge in [0.2, 0.25) is 5.91 Å². The molecule has 4 N–H and O–H groups in total. The van der Waals surface area contributed by atoms with Gasteiger partial charge in [-0.25, -0.2) is 8.78 Å². The number of anilines is 2. The molecule has 1 rings (SSSR count). The Morgan fingerprint density at radius 2 is 1.89 bits per heavy atom.